The predicted molar refractivity (Wildman–Crippen MR) is 131 cm³/mol. The van der Waals surface area contributed by atoms with Crippen LogP contribution in [-0.4, -0.2) is 49.4 Å². The van der Waals surface area contributed by atoms with Gasteiger partial charge in [0.2, 0.25) is 0 Å². The Balaban J connectivity index is 1.35. The lowest BCUT2D eigenvalue weighted by Gasteiger charge is -2.37. The number of amides is 1. The van der Waals surface area contributed by atoms with Crippen LogP contribution < -0.4 is 9.80 Å². The van der Waals surface area contributed by atoms with E-state index in [0.717, 1.165) is 43.1 Å². The van der Waals surface area contributed by atoms with Crippen molar-refractivity contribution >= 4 is 28.7 Å². The second-order valence-corrected chi connectivity index (χ2v) is 8.56. The van der Waals surface area contributed by atoms with Gasteiger partial charge in [-0.15, -0.1) is 0 Å². The van der Waals surface area contributed by atoms with Crippen molar-refractivity contribution in [3.05, 3.63) is 89.5 Å². The van der Waals surface area contributed by atoms with Crippen LogP contribution >= 0.6 is 0 Å². The molecule has 0 unspecified atom stereocenters. The Kier molecular flexibility index (Phi) is 5.50. The Hall–Kier alpha value is -3.44. The van der Waals surface area contributed by atoms with Crippen molar-refractivity contribution in [3.63, 3.8) is 0 Å². The maximum atomic E-state index is 13.4. The molecule has 0 radical (unpaired) electrons. The molecule has 5 nitrogen and oxygen atoms in total. The number of carbonyl (C=O) groups is 1. The molecule has 1 saturated heterocycles. The topological polar surface area (TPSA) is 39.2 Å². The molecule has 2 aliphatic heterocycles. The van der Waals surface area contributed by atoms with Crippen LogP contribution in [0.5, 0.6) is 0 Å². The average molecular weight is 425 g/mol. The number of aryl methyl sites for hydroxylation is 2. The summed E-state index contributed by atoms with van der Waals surface area (Å²) in [5.74, 6) is -0.0186. The first-order valence-electron chi connectivity index (χ1n) is 11.2. The molecule has 0 aromatic heterocycles. The third-order valence-electron chi connectivity index (χ3n) is 6.46. The number of nitrogens with zero attached hydrogens (tertiary/aromatic N) is 4. The van der Waals surface area contributed by atoms with Crippen LogP contribution in [0, 0.1) is 13.8 Å². The lowest BCUT2D eigenvalue weighted by molar-refractivity contribution is -0.112. The number of fused-ring (bicyclic) bond motifs is 1. The van der Waals surface area contributed by atoms with E-state index >= 15 is 0 Å². The van der Waals surface area contributed by atoms with Gasteiger partial charge in [-0.25, -0.2) is 4.99 Å². The number of carbonyl (C=O) groups excluding carboxylic acids is 1. The highest BCUT2D eigenvalue weighted by molar-refractivity contribution is 6.54. The van der Waals surface area contributed by atoms with Crippen LogP contribution in [0.4, 0.5) is 17.1 Å². The summed E-state index contributed by atoms with van der Waals surface area (Å²) in [5, 5.41) is 0. The summed E-state index contributed by atoms with van der Waals surface area (Å²) in [6.45, 7) is 8.50. The number of rotatable bonds is 4. The maximum absolute atomic E-state index is 13.4. The molecule has 0 N–H and O–H groups in total. The van der Waals surface area contributed by atoms with Crippen LogP contribution in [0.2, 0.25) is 0 Å². The highest BCUT2D eigenvalue weighted by Gasteiger charge is 2.35. The number of anilines is 2. The largest absolute Gasteiger partial charge is 0.369 e. The Morgan fingerprint density at radius 2 is 1.53 bits per heavy atom. The van der Waals surface area contributed by atoms with Gasteiger partial charge in [-0.1, -0.05) is 42.5 Å². The number of hydrogen-bond donors (Lipinski definition) is 0. The van der Waals surface area contributed by atoms with Gasteiger partial charge in [-0.3, -0.25) is 14.6 Å². The molecule has 32 heavy (non-hydrogen) atoms. The van der Waals surface area contributed by atoms with E-state index in [4.69, 9.17) is 4.99 Å². The van der Waals surface area contributed by atoms with Crippen molar-refractivity contribution < 1.29 is 4.79 Å². The molecule has 0 atom stereocenters. The second kappa shape index (κ2) is 8.60. The van der Waals surface area contributed by atoms with Crippen molar-refractivity contribution in [2.45, 2.75) is 13.8 Å². The van der Waals surface area contributed by atoms with Crippen molar-refractivity contribution in [2.24, 2.45) is 4.99 Å². The summed E-state index contributed by atoms with van der Waals surface area (Å²) in [4.78, 5) is 24.9. The SMILES string of the molecule is Cc1ccc(N=C2C(=O)N(CN3CCN(c4ccccc4)CC3)c3ccccc32)cc1C. The van der Waals surface area contributed by atoms with E-state index in [2.05, 4.69) is 54.0 Å². The fourth-order valence-electron chi connectivity index (χ4n) is 4.42. The van der Waals surface area contributed by atoms with Gasteiger partial charge >= 0.3 is 0 Å². The standard InChI is InChI=1S/C27H28N4O/c1-20-12-13-22(18-21(20)2)28-26-24-10-6-7-11-25(24)31(27(26)32)19-29-14-16-30(17-15-29)23-8-4-3-5-9-23/h3-13,18H,14-17,19H2,1-2H3. The molecule has 3 aromatic rings. The highest BCUT2D eigenvalue weighted by atomic mass is 16.2. The Morgan fingerprint density at radius 1 is 0.812 bits per heavy atom. The number of para-hydroxylation sites is 2. The lowest BCUT2D eigenvalue weighted by Crippen LogP contribution is -2.51. The molecule has 162 valence electrons. The minimum atomic E-state index is -0.0186. The third-order valence-corrected chi connectivity index (χ3v) is 6.46. The summed E-state index contributed by atoms with van der Waals surface area (Å²) in [6, 6.07) is 24.6. The van der Waals surface area contributed by atoms with Crippen molar-refractivity contribution in [1.82, 2.24) is 4.90 Å². The van der Waals surface area contributed by atoms with Gasteiger partial charge in [0.1, 0.15) is 5.71 Å². The van der Waals surface area contributed by atoms with Crippen LogP contribution in [0.25, 0.3) is 0 Å². The zero-order valence-corrected chi connectivity index (χ0v) is 18.7. The van der Waals surface area contributed by atoms with Gasteiger partial charge in [0, 0.05) is 37.4 Å². The number of aliphatic imine (C=N–C) groups is 1. The first kappa shape index (κ1) is 20.5. The Bertz CT molecular complexity index is 1160. The number of hydrogen-bond acceptors (Lipinski definition) is 4. The van der Waals surface area contributed by atoms with Crippen LogP contribution in [0.1, 0.15) is 16.7 Å². The van der Waals surface area contributed by atoms with Crippen molar-refractivity contribution in [3.8, 4) is 0 Å². The molecular formula is C27H28N4O. The molecule has 1 amide bonds. The zero-order chi connectivity index (χ0) is 22.1. The van der Waals surface area contributed by atoms with Gasteiger partial charge in [0.25, 0.3) is 5.91 Å². The highest BCUT2D eigenvalue weighted by Crippen LogP contribution is 2.31. The number of benzene rings is 3. The van der Waals surface area contributed by atoms with E-state index < -0.39 is 0 Å². The molecule has 0 spiro atoms. The van der Waals surface area contributed by atoms with Crippen LogP contribution in [0.15, 0.2) is 77.8 Å². The lowest BCUT2D eigenvalue weighted by atomic mass is 10.1. The summed E-state index contributed by atoms with van der Waals surface area (Å²) in [7, 11) is 0. The first-order valence-corrected chi connectivity index (χ1v) is 11.2. The first-order chi connectivity index (χ1) is 15.6. The summed E-state index contributed by atoms with van der Waals surface area (Å²) in [6.07, 6.45) is 0. The molecule has 5 heteroatoms. The van der Waals surface area contributed by atoms with Crippen molar-refractivity contribution in [1.29, 1.82) is 0 Å². The van der Waals surface area contributed by atoms with Crippen molar-refractivity contribution in [2.75, 3.05) is 42.6 Å². The molecule has 0 bridgehead atoms. The zero-order valence-electron chi connectivity index (χ0n) is 18.7. The fraction of sp³-hybridized carbons (Fsp3) is 0.259. The molecule has 0 aliphatic carbocycles. The van der Waals surface area contributed by atoms with E-state index in [1.165, 1.54) is 16.8 Å². The minimum absolute atomic E-state index is 0.0186. The molecule has 3 aromatic carbocycles. The summed E-state index contributed by atoms with van der Waals surface area (Å²) < 4.78 is 0. The molecular weight excluding hydrogens is 396 g/mol. The predicted octanol–water partition coefficient (Wildman–Crippen LogP) is 4.55. The normalized spacial score (nSPS) is 17.8. The summed E-state index contributed by atoms with van der Waals surface area (Å²) in [5.41, 5.74) is 6.89. The van der Waals surface area contributed by atoms with Gasteiger partial charge < -0.3 is 4.90 Å². The van der Waals surface area contributed by atoms with E-state index in [0.29, 0.717) is 12.4 Å². The smallest absolute Gasteiger partial charge is 0.278 e. The van der Waals surface area contributed by atoms with Gasteiger partial charge in [-0.05, 0) is 55.3 Å². The van der Waals surface area contributed by atoms with Crippen LogP contribution in [-0.2, 0) is 4.79 Å². The maximum Gasteiger partial charge on any atom is 0.278 e. The third kappa shape index (κ3) is 3.92. The van der Waals surface area contributed by atoms with Gasteiger partial charge in [0.05, 0.1) is 18.0 Å². The van der Waals surface area contributed by atoms with E-state index in [1.807, 2.05) is 47.4 Å². The molecule has 1 fully saturated rings. The van der Waals surface area contributed by atoms with Gasteiger partial charge in [0.15, 0.2) is 0 Å². The fourth-order valence-corrected chi connectivity index (χ4v) is 4.42. The molecule has 5 rings (SSSR count). The van der Waals surface area contributed by atoms with Gasteiger partial charge in [-0.2, -0.15) is 0 Å². The van der Waals surface area contributed by atoms with E-state index in [9.17, 15) is 4.79 Å². The minimum Gasteiger partial charge on any atom is -0.369 e. The summed E-state index contributed by atoms with van der Waals surface area (Å²) >= 11 is 0. The Morgan fingerprint density at radius 3 is 2.28 bits per heavy atom. The van der Waals surface area contributed by atoms with E-state index in [-0.39, 0.29) is 5.91 Å². The Labute approximate surface area is 189 Å². The molecule has 0 saturated carbocycles. The van der Waals surface area contributed by atoms with Crippen LogP contribution in [0.3, 0.4) is 0 Å². The molecule has 2 aliphatic rings. The molecule has 2 heterocycles. The van der Waals surface area contributed by atoms with E-state index in [1.54, 1.807) is 0 Å². The monoisotopic (exact) mass is 424 g/mol. The number of piperazine rings is 1. The average Bonchev–Trinajstić information content (AvgIpc) is 3.08. The second-order valence-electron chi connectivity index (χ2n) is 8.56. The quantitative estimate of drug-likeness (QED) is 0.617.